The third kappa shape index (κ3) is 11.1. The third-order valence-electron chi connectivity index (χ3n) is 9.99. The van der Waals surface area contributed by atoms with Gasteiger partial charge in [0.25, 0.3) is 0 Å². The van der Waals surface area contributed by atoms with Crippen molar-refractivity contribution in [3.05, 3.63) is 36.7 Å². The quantitative estimate of drug-likeness (QED) is 0.0576. The molecule has 312 valence electrons. The monoisotopic (exact) mass is 828 g/mol. The molecule has 0 saturated heterocycles. The van der Waals surface area contributed by atoms with Crippen molar-refractivity contribution in [2.75, 3.05) is 6.61 Å². The van der Waals surface area contributed by atoms with Gasteiger partial charge in [0.05, 0.1) is 24.9 Å². The van der Waals surface area contributed by atoms with Crippen molar-refractivity contribution in [3.63, 3.8) is 0 Å². The van der Waals surface area contributed by atoms with Gasteiger partial charge in [-0.3, -0.25) is 4.79 Å². The molecule has 0 radical (unpaired) electrons. The van der Waals surface area contributed by atoms with Crippen LogP contribution in [-0.2, 0) is 4.79 Å². The first kappa shape index (κ1) is 46.3. The van der Waals surface area contributed by atoms with Crippen LogP contribution in [0.2, 0.25) is 25.2 Å². The zero-order valence-electron chi connectivity index (χ0n) is 30.6. The molecular formula is C36H45F13N2O3Si. The van der Waals surface area contributed by atoms with Crippen LogP contribution in [0.4, 0.5) is 57.1 Å². The van der Waals surface area contributed by atoms with Crippen molar-refractivity contribution in [1.29, 1.82) is 0 Å². The number of unbranched alkanes of at least 4 members (excludes halogenated alkanes) is 3. The van der Waals surface area contributed by atoms with Crippen molar-refractivity contribution in [2.24, 2.45) is 11.8 Å². The van der Waals surface area contributed by atoms with Crippen LogP contribution >= 0.6 is 0 Å². The topological polar surface area (TPSA) is 61.3 Å². The van der Waals surface area contributed by atoms with Gasteiger partial charge in [-0.05, 0) is 62.3 Å². The lowest BCUT2D eigenvalue weighted by Crippen LogP contribution is -2.70. The van der Waals surface area contributed by atoms with Gasteiger partial charge in [0.1, 0.15) is 5.75 Å². The number of hydrogen-bond donors (Lipinski definition) is 0. The minimum absolute atomic E-state index is 0.115. The molecule has 3 rings (SSSR count). The first-order valence-electron chi connectivity index (χ1n) is 18.0. The predicted octanol–water partition coefficient (Wildman–Crippen LogP) is 12.4. The maximum Gasteiger partial charge on any atom is 0.460 e. The second kappa shape index (κ2) is 18.0. The number of carbonyl (C=O) groups excluding carboxylic acids is 1. The van der Waals surface area contributed by atoms with Crippen molar-refractivity contribution >= 4 is 14.0 Å². The van der Waals surface area contributed by atoms with Gasteiger partial charge in [0, 0.05) is 20.1 Å². The van der Waals surface area contributed by atoms with Crippen LogP contribution in [0.3, 0.4) is 0 Å². The molecule has 1 fully saturated rings. The van der Waals surface area contributed by atoms with Gasteiger partial charge in [0.2, 0.25) is 0 Å². The van der Waals surface area contributed by atoms with Crippen LogP contribution in [0.15, 0.2) is 36.7 Å². The summed E-state index contributed by atoms with van der Waals surface area (Å²) in [4.78, 5) is 21.2. The number of aromatic nitrogens is 2. The first-order valence-corrected chi connectivity index (χ1v) is 21.4. The third-order valence-corrected chi connectivity index (χ3v) is 13.3. The fourth-order valence-electron chi connectivity index (χ4n) is 6.26. The Labute approximate surface area is 311 Å². The van der Waals surface area contributed by atoms with E-state index in [4.69, 9.17) is 9.47 Å². The second-order valence-corrected chi connectivity index (χ2v) is 20.2. The van der Waals surface area contributed by atoms with Gasteiger partial charge in [-0.2, -0.15) is 57.1 Å². The zero-order valence-corrected chi connectivity index (χ0v) is 31.6. The highest BCUT2D eigenvalue weighted by Crippen LogP contribution is 2.61. The lowest BCUT2D eigenvalue weighted by molar-refractivity contribution is -0.439. The molecule has 0 amide bonds. The Morgan fingerprint density at radius 3 is 1.82 bits per heavy atom. The minimum atomic E-state index is -7.89. The van der Waals surface area contributed by atoms with Crippen LogP contribution in [0.5, 0.6) is 11.5 Å². The highest BCUT2D eigenvalue weighted by Gasteiger charge is 2.90. The van der Waals surface area contributed by atoms with E-state index >= 15 is 0 Å². The number of hydrogen-bond acceptors (Lipinski definition) is 5. The summed E-state index contributed by atoms with van der Waals surface area (Å²) in [5, 5.41) is 0. The average Bonchev–Trinajstić information content (AvgIpc) is 3.11. The second-order valence-electron chi connectivity index (χ2n) is 14.9. The molecule has 55 heavy (non-hydrogen) atoms. The molecule has 1 heterocycles. The number of nitrogens with zero attached hydrogens (tertiary/aromatic N) is 2. The molecule has 5 nitrogen and oxygen atoms in total. The summed E-state index contributed by atoms with van der Waals surface area (Å²) in [7, 11) is -2.94. The van der Waals surface area contributed by atoms with Crippen LogP contribution in [0.25, 0.3) is 11.4 Å². The molecule has 1 aliphatic rings. The summed E-state index contributed by atoms with van der Waals surface area (Å²) in [6.45, 7) is 5.10. The number of rotatable bonds is 20. The summed E-state index contributed by atoms with van der Waals surface area (Å²) >= 11 is 0. The van der Waals surface area contributed by atoms with E-state index in [9.17, 15) is 61.9 Å². The molecule has 0 N–H and O–H groups in total. The van der Waals surface area contributed by atoms with Crippen molar-refractivity contribution < 1.29 is 71.3 Å². The van der Waals surface area contributed by atoms with Crippen molar-refractivity contribution in [3.8, 4) is 22.9 Å². The highest BCUT2D eigenvalue weighted by molar-refractivity contribution is 6.77. The molecular weight excluding hydrogens is 783 g/mol. The van der Waals surface area contributed by atoms with Crippen molar-refractivity contribution in [1.82, 2.24) is 9.97 Å². The summed E-state index contributed by atoms with van der Waals surface area (Å²) < 4.78 is 186. The van der Waals surface area contributed by atoms with Gasteiger partial charge in [-0.25, -0.2) is 9.97 Å². The maximum absolute atomic E-state index is 14.3. The molecule has 1 aromatic heterocycles. The summed E-state index contributed by atoms with van der Waals surface area (Å²) in [6, 6.07) is 5.88. The number of esters is 1. The minimum Gasteiger partial charge on any atom is -0.494 e. The van der Waals surface area contributed by atoms with Crippen LogP contribution in [-0.4, -0.2) is 66.4 Å². The van der Waals surface area contributed by atoms with E-state index in [0.29, 0.717) is 29.5 Å². The number of ether oxygens (including phenoxy) is 2. The van der Waals surface area contributed by atoms with E-state index in [0.717, 1.165) is 25.7 Å². The Morgan fingerprint density at radius 2 is 1.27 bits per heavy atom. The van der Waals surface area contributed by atoms with Gasteiger partial charge in [-0.1, -0.05) is 64.2 Å². The standard InChI is InChI=1S/C36H45F13N2O3Si/c1-4-5-6-9-24-10-12-26(13-11-24)30(52)54-28-22-50-29(51-23-28)25-14-16-27(17-15-25)53-19-7-8-20-55(2,3)21-18-31(37,38)32(39,40)33(41,42)34(43,44)35(45,46)36(47,48)49/h14-17,22-24,26H,4-13,18-21H2,1-3H3/t24-,26-. The van der Waals surface area contributed by atoms with Crippen LogP contribution in [0, 0.1) is 11.8 Å². The molecule has 19 heteroatoms. The first-order chi connectivity index (χ1) is 25.3. The van der Waals surface area contributed by atoms with Gasteiger partial charge in [0.15, 0.2) is 11.6 Å². The lowest BCUT2D eigenvalue weighted by atomic mass is 9.80. The molecule has 1 aliphatic carbocycles. The largest absolute Gasteiger partial charge is 0.494 e. The van der Waals surface area contributed by atoms with Crippen LogP contribution < -0.4 is 9.47 Å². The normalized spacial score (nSPS) is 18.0. The molecule has 0 spiro atoms. The molecule has 0 atom stereocenters. The fourth-order valence-corrected chi connectivity index (χ4v) is 8.71. The Bertz CT molecular complexity index is 1510. The van der Waals surface area contributed by atoms with Crippen LogP contribution in [0.1, 0.15) is 77.6 Å². The van der Waals surface area contributed by atoms with Gasteiger partial charge < -0.3 is 9.47 Å². The van der Waals surface area contributed by atoms with Gasteiger partial charge in [-0.15, -0.1) is 0 Å². The molecule has 0 unspecified atom stereocenters. The summed E-state index contributed by atoms with van der Waals surface area (Å²) in [5.41, 5.74) is 0.622. The lowest BCUT2D eigenvalue weighted by Gasteiger charge is -2.40. The Balaban J connectivity index is 1.43. The molecule has 1 saturated carbocycles. The van der Waals surface area contributed by atoms with E-state index in [1.807, 2.05) is 0 Å². The van der Waals surface area contributed by atoms with E-state index in [1.165, 1.54) is 51.2 Å². The van der Waals surface area contributed by atoms with E-state index in [-0.39, 0.29) is 36.7 Å². The Hall–Kier alpha value is -3.12. The summed E-state index contributed by atoms with van der Waals surface area (Å²) in [6.07, 6.45) is 2.27. The summed E-state index contributed by atoms with van der Waals surface area (Å²) in [5.74, 6) is -35.4. The number of alkyl halides is 13. The van der Waals surface area contributed by atoms with E-state index in [1.54, 1.807) is 24.3 Å². The average molecular weight is 829 g/mol. The zero-order chi connectivity index (χ0) is 41.5. The Kier molecular flexibility index (Phi) is 15.1. The maximum atomic E-state index is 14.3. The fraction of sp³-hybridized carbons (Fsp3) is 0.694. The molecule has 0 aliphatic heterocycles. The smallest absolute Gasteiger partial charge is 0.460 e. The molecule has 2 aromatic rings. The number of carbonyl (C=O) groups is 1. The number of halogens is 13. The van der Waals surface area contributed by atoms with E-state index in [2.05, 4.69) is 16.9 Å². The number of benzene rings is 1. The highest BCUT2D eigenvalue weighted by atomic mass is 28.3. The predicted molar refractivity (Wildman–Crippen MR) is 180 cm³/mol. The molecule has 1 aromatic carbocycles. The Morgan fingerprint density at radius 1 is 0.709 bits per heavy atom. The van der Waals surface area contributed by atoms with Gasteiger partial charge >= 0.3 is 41.8 Å². The SMILES string of the molecule is CCCCC[C@H]1CC[C@H](C(=O)Oc2cnc(-c3ccc(OCCCC[Si](C)(C)CCC(F)(F)C(F)(F)C(F)(F)C(F)(F)C(F)(F)C(F)(F)F)cc3)nc2)CC1. The molecule has 0 bridgehead atoms. The van der Waals surface area contributed by atoms with Crippen molar-refractivity contribution in [2.45, 2.75) is 139 Å². The van der Waals surface area contributed by atoms with E-state index < -0.39 is 56.3 Å².